The number of piperazine rings is 1. The summed E-state index contributed by atoms with van der Waals surface area (Å²) in [5.41, 5.74) is 7.04. The summed E-state index contributed by atoms with van der Waals surface area (Å²) < 4.78 is 5.37. The van der Waals surface area contributed by atoms with Crippen molar-refractivity contribution >= 4 is 28.5 Å². The molecule has 2 N–H and O–H groups in total. The van der Waals surface area contributed by atoms with Crippen LogP contribution in [-0.2, 0) is 4.74 Å². The number of carbonyl (C=O) groups excluding carboxylic acids is 2. The number of ether oxygens (including phenoxy) is 1. The Morgan fingerprint density at radius 3 is 2.33 bits per heavy atom. The second-order valence-electron chi connectivity index (χ2n) is 7.26. The molecule has 1 fully saturated rings. The van der Waals surface area contributed by atoms with Crippen LogP contribution in [0, 0.1) is 0 Å². The lowest BCUT2D eigenvalue weighted by Gasteiger charge is -2.35. The summed E-state index contributed by atoms with van der Waals surface area (Å²) in [5, 5.41) is 2.34. The second kappa shape index (κ2) is 7.51. The molecular formula is C18H23N5O3S. The van der Waals surface area contributed by atoms with Gasteiger partial charge in [-0.15, -0.1) is 11.3 Å². The van der Waals surface area contributed by atoms with Gasteiger partial charge in [0.15, 0.2) is 5.13 Å². The number of nitrogens with two attached hydrogens (primary N) is 1. The summed E-state index contributed by atoms with van der Waals surface area (Å²) in [6.45, 7) is 7.28. The molecule has 0 bridgehead atoms. The molecule has 0 saturated carbocycles. The van der Waals surface area contributed by atoms with Gasteiger partial charge in [0.2, 0.25) is 0 Å². The minimum Gasteiger partial charge on any atom is -0.444 e. The molecule has 0 unspecified atom stereocenters. The van der Waals surface area contributed by atoms with Gasteiger partial charge >= 0.3 is 6.09 Å². The van der Waals surface area contributed by atoms with E-state index in [1.54, 1.807) is 22.1 Å². The number of rotatable bonds is 2. The zero-order valence-corrected chi connectivity index (χ0v) is 16.5. The molecular weight excluding hydrogens is 366 g/mol. The van der Waals surface area contributed by atoms with Crippen LogP contribution in [0.2, 0.25) is 0 Å². The number of amides is 2. The van der Waals surface area contributed by atoms with Crippen molar-refractivity contribution in [3.8, 4) is 11.3 Å². The first-order chi connectivity index (χ1) is 12.7. The Kier molecular flexibility index (Phi) is 5.31. The van der Waals surface area contributed by atoms with Crippen LogP contribution < -0.4 is 5.73 Å². The molecule has 144 valence electrons. The standard InChI is InChI=1S/C18H23N5O3S/c1-18(2,3)26-17(25)23-8-6-22(7-9-23)15(24)13-5-4-12(10-20-13)14-11-27-16(19)21-14/h4-5,10-11H,6-9H2,1-3H3,(H2,19,21). The minimum atomic E-state index is -0.530. The smallest absolute Gasteiger partial charge is 0.410 e. The van der Waals surface area contributed by atoms with E-state index in [1.165, 1.54) is 11.3 Å². The molecule has 2 amide bonds. The van der Waals surface area contributed by atoms with Gasteiger partial charge in [-0.25, -0.2) is 9.78 Å². The van der Waals surface area contributed by atoms with E-state index < -0.39 is 5.60 Å². The normalized spacial score (nSPS) is 14.9. The van der Waals surface area contributed by atoms with Gasteiger partial charge in [0.05, 0.1) is 5.69 Å². The Hall–Kier alpha value is -2.68. The highest BCUT2D eigenvalue weighted by Gasteiger charge is 2.28. The second-order valence-corrected chi connectivity index (χ2v) is 8.15. The summed E-state index contributed by atoms with van der Waals surface area (Å²) in [4.78, 5) is 36.6. The first-order valence-electron chi connectivity index (χ1n) is 8.67. The zero-order valence-electron chi connectivity index (χ0n) is 15.6. The fraction of sp³-hybridized carbons (Fsp3) is 0.444. The molecule has 27 heavy (non-hydrogen) atoms. The SMILES string of the molecule is CC(C)(C)OC(=O)N1CCN(C(=O)c2ccc(-c3csc(N)n3)cn2)CC1. The maximum atomic E-state index is 12.7. The topological polar surface area (TPSA) is 102 Å². The van der Waals surface area contributed by atoms with Gasteiger partial charge in [-0.3, -0.25) is 9.78 Å². The number of aromatic nitrogens is 2. The Labute approximate surface area is 162 Å². The van der Waals surface area contributed by atoms with Crippen LogP contribution in [0.25, 0.3) is 11.3 Å². The molecule has 3 rings (SSSR count). The maximum Gasteiger partial charge on any atom is 0.410 e. The predicted molar refractivity (Wildman–Crippen MR) is 103 cm³/mol. The van der Waals surface area contributed by atoms with E-state index in [1.807, 2.05) is 32.2 Å². The van der Waals surface area contributed by atoms with Crippen molar-refractivity contribution in [2.75, 3.05) is 31.9 Å². The van der Waals surface area contributed by atoms with Gasteiger partial charge in [0.25, 0.3) is 5.91 Å². The summed E-state index contributed by atoms with van der Waals surface area (Å²) in [6, 6.07) is 3.50. The predicted octanol–water partition coefficient (Wildman–Crippen LogP) is 2.48. The lowest BCUT2D eigenvalue weighted by molar-refractivity contribution is 0.0140. The van der Waals surface area contributed by atoms with E-state index in [-0.39, 0.29) is 12.0 Å². The highest BCUT2D eigenvalue weighted by molar-refractivity contribution is 7.13. The molecule has 8 nitrogen and oxygen atoms in total. The van der Waals surface area contributed by atoms with Crippen molar-refractivity contribution in [1.29, 1.82) is 0 Å². The third kappa shape index (κ3) is 4.73. The maximum absolute atomic E-state index is 12.7. The van der Waals surface area contributed by atoms with E-state index in [9.17, 15) is 9.59 Å². The monoisotopic (exact) mass is 389 g/mol. The van der Waals surface area contributed by atoms with Crippen LogP contribution in [0.1, 0.15) is 31.3 Å². The molecule has 0 spiro atoms. The van der Waals surface area contributed by atoms with Gasteiger partial charge in [-0.2, -0.15) is 0 Å². The number of anilines is 1. The van der Waals surface area contributed by atoms with Crippen molar-refractivity contribution in [2.24, 2.45) is 0 Å². The van der Waals surface area contributed by atoms with Crippen molar-refractivity contribution < 1.29 is 14.3 Å². The molecule has 1 aliphatic rings. The Morgan fingerprint density at radius 1 is 1.15 bits per heavy atom. The zero-order chi connectivity index (χ0) is 19.6. The lowest BCUT2D eigenvalue weighted by atomic mass is 10.2. The fourth-order valence-electron chi connectivity index (χ4n) is 2.67. The number of hydrogen-bond donors (Lipinski definition) is 1. The number of nitrogen functional groups attached to an aromatic ring is 1. The molecule has 3 heterocycles. The molecule has 2 aromatic rings. The van der Waals surface area contributed by atoms with E-state index in [0.717, 1.165) is 11.3 Å². The van der Waals surface area contributed by atoms with Crippen molar-refractivity contribution in [1.82, 2.24) is 19.8 Å². The molecule has 0 aliphatic carbocycles. The van der Waals surface area contributed by atoms with Crippen molar-refractivity contribution in [3.05, 3.63) is 29.4 Å². The van der Waals surface area contributed by atoms with E-state index in [2.05, 4.69) is 9.97 Å². The Bertz CT molecular complexity index is 820. The molecule has 9 heteroatoms. The lowest BCUT2D eigenvalue weighted by Crippen LogP contribution is -2.51. The van der Waals surface area contributed by atoms with Crippen LogP contribution in [0.5, 0.6) is 0 Å². The van der Waals surface area contributed by atoms with Crippen LogP contribution in [0.4, 0.5) is 9.93 Å². The van der Waals surface area contributed by atoms with Crippen LogP contribution in [-0.4, -0.2) is 63.5 Å². The molecule has 0 radical (unpaired) electrons. The number of hydrogen-bond acceptors (Lipinski definition) is 7. The van der Waals surface area contributed by atoms with Gasteiger partial charge in [-0.1, -0.05) is 0 Å². The van der Waals surface area contributed by atoms with E-state index in [0.29, 0.717) is 37.0 Å². The molecule has 1 aliphatic heterocycles. The van der Waals surface area contributed by atoms with Crippen LogP contribution in [0.3, 0.4) is 0 Å². The van der Waals surface area contributed by atoms with Gasteiger partial charge in [0.1, 0.15) is 11.3 Å². The molecule has 2 aromatic heterocycles. The average molecular weight is 389 g/mol. The fourth-order valence-corrected chi connectivity index (χ4v) is 3.24. The largest absolute Gasteiger partial charge is 0.444 e. The average Bonchev–Trinajstić information content (AvgIpc) is 3.06. The van der Waals surface area contributed by atoms with Gasteiger partial charge < -0.3 is 20.3 Å². The van der Waals surface area contributed by atoms with Crippen LogP contribution in [0.15, 0.2) is 23.7 Å². The van der Waals surface area contributed by atoms with E-state index >= 15 is 0 Å². The molecule has 1 saturated heterocycles. The Balaban J connectivity index is 1.58. The first kappa shape index (κ1) is 19.1. The van der Waals surface area contributed by atoms with Crippen molar-refractivity contribution in [2.45, 2.75) is 26.4 Å². The van der Waals surface area contributed by atoms with Gasteiger partial charge in [0, 0.05) is 43.3 Å². The summed E-state index contributed by atoms with van der Waals surface area (Å²) in [5.74, 6) is -0.150. The van der Waals surface area contributed by atoms with Crippen LogP contribution >= 0.6 is 11.3 Å². The minimum absolute atomic E-state index is 0.150. The van der Waals surface area contributed by atoms with Gasteiger partial charge in [-0.05, 0) is 32.9 Å². The quantitative estimate of drug-likeness (QED) is 0.847. The highest BCUT2D eigenvalue weighted by atomic mass is 32.1. The number of carbonyl (C=O) groups is 2. The number of nitrogens with zero attached hydrogens (tertiary/aromatic N) is 4. The summed E-state index contributed by atoms with van der Waals surface area (Å²) >= 11 is 1.36. The first-order valence-corrected chi connectivity index (χ1v) is 9.55. The number of thiazole rings is 1. The summed E-state index contributed by atoms with van der Waals surface area (Å²) in [6.07, 6.45) is 1.28. The third-order valence-corrected chi connectivity index (χ3v) is 4.69. The number of pyridine rings is 1. The third-order valence-electron chi connectivity index (χ3n) is 4.02. The highest BCUT2D eigenvalue weighted by Crippen LogP contribution is 2.22. The molecule has 0 atom stereocenters. The summed E-state index contributed by atoms with van der Waals surface area (Å²) in [7, 11) is 0. The molecule has 0 aromatic carbocycles. The Morgan fingerprint density at radius 2 is 1.81 bits per heavy atom. The van der Waals surface area contributed by atoms with E-state index in [4.69, 9.17) is 10.5 Å². The van der Waals surface area contributed by atoms with Crippen molar-refractivity contribution in [3.63, 3.8) is 0 Å².